The number of carbonyl (C=O) groups is 2. The molecule has 0 saturated heterocycles. The maximum atomic E-state index is 11.3. The summed E-state index contributed by atoms with van der Waals surface area (Å²) in [6.07, 6.45) is 0. The average Bonchev–Trinajstić information content (AvgIpc) is 2.99. The zero-order chi connectivity index (χ0) is 16.1. The molecule has 0 aliphatic heterocycles. The predicted molar refractivity (Wildman–Crippen MR) is 90.9 cm³/mol. The molecule has 0 atom stereocenters. The lowest BCUT2D eigenvalue weighted by Crippen LogP contribution is -1.90. The van der Waals surface area contributed by atoms with Crippen molar-refractivity contribution >= 4 is 34.0 Å². The van der Waals surface area contributed by atoms with Crippen molar-refractivity contribution in [2.24, 2.45) is 0 Å². The van der Waals surface area contributed by atoms with Gasteiger partial charge in [0.05, 0.1) is 7.11 Å². The van der Waals surface area contributed by atoms with E-state index in [1.807, 2.05) is 43.2 Å². The summed E-state index contributed by atoms with van der Waals surface area (Å²) in [6, 6.07) is 16.0. The van der Waals surface area contributed by atoms with Crippen LogP contribution >= 0.6 is 11.3 Å². The topological polar surface area (TPSA) is 43.4 Å². The summed E-state index contributed by atoms with van der Waals surface area (Å²) in [5.41, 5.74) is 1.88. The van der Waals surface area contributed by atoms with E-state index in [2.05, 4.69) is 12.1 Å². The van der Waals surface area contributed by atoms with Crippen LogP contribution in [0.3, 0.4) is 0 Å². The van der Waals surface area contributed by atoms with Crippen LogP contribution in [0.25, 0.3) is 20.5 Å². The lowest BCUT2D eigenvalue weighted by atomic mass is 10.1. The maximum Gasteiger partial charge on any atom is 0.159 e. The Labute approximate surface area is 133 Å². The molecule has 0 spiro atoms. The average molecular weight is 312 g/mol. The van der Waals surface area contributed by atoms with Crippen LogP contribution in [0.1, 0.15) is 17.3 Å². The molecule has 0 unspecified atom stereocenters. The van der Waals surface area contributed by atoms with Crippen LogP contribution in [0.4, 0.5) is 0 Å². The van der Waals surface area contributed by atoms with Gasteiger partial charge in [0, 0.05) is 15.1 Å². The van der Waals surface area contributed by atoms with E-state index >= 15 is 0 Å². The number of fused-ring (bicyclic) bond motifs is 1. The number of rotatable bonds is 3. The molecule has 0 fully saturated rings. The highest BCUT2D eigenvalue weighted by Crippen LogP contribution is 2.35. The van der Waals surface area contributed by atoms with Crippen molar-refractivity contribution < 1.29 is 14.3 Å². The quantitative estimate of drug-likeness (QED) is 0.664. The molecule has 0 aliphatic rings. The fourth-order valence-corrected chi connectivity index (χ4v) is 3.25. The van der Waals surface area contributed by atoms with Gasteiger partial charge in [0.1, 0.15) is 12.5 Å². The number of carbonyl (C=O) groups excluding carboxylic acids is 2. The highest BCUT2D eigenvalue weighted by atomic mass is 32.1. The lowest BCUT2D eigenvalue weighted by Gasteiger charge is -1.98. The van der Waals surface area contributed by atoms with Gasteiger partial charge in [0.25, 0.3) is 0 Å². The van der Waals surface area contributed by atoms with Crippen molar-refractivity contribution in [1.29, 1.82) is 0 Å². The Bertz CT molecular complexity index is 788. The molecule has 1 heterocycles. The fraction of sp³-hybridized carbons (Fsp3) is 0.111. The zero-order valence-corrected chi connectivity index (χ0v) is 13.3. The molecule has 0 amide bonds. The van der Waals surface area contributed by atoms with E-state index in [1.165, 1.54) is 15.0 Å². The standard InChI is InChI=1S/C17H14O2S.CH2O/c1-11(18)12-3-5-13(6-4-12)16-9-14-7-8-15(19-2)10-17(14)20-16;1-2/h3-10H,1-2H3;1H2. The van der Waals surface area contributed by atoms with E-state index in [-0.39, 0.29) is 5.78 Å². The Morgan fingerprint density at radius 2 is 1.73 bits per heavy atom. The predicted octanol–water partition coefficient (Wildman–Crippen LogP) is 4.59. The number of ether oxygens (including phenoxy) is 1. The molecule has 2 aromatic carbocycles. The molecule has 0 bridgehead atoms. The van der Waals surface area contributed by atoms with E-state index in [9.17, 15) is 4.79 Å². The van der Waals surface area contributed by atoms with Gasteiger partial charge in [-0.05, 0) is 42.1 Å². The molecule has 22 heavy (non-hydrogen) atoms. The first kappa shape index (κ1) is 15.9. The Morgan fingerprint density at radius 1 is 1.05 bits per heavy atom. The SMILES string of the molecule is C=O.COc1ccc2cc(-c3ccc(C(C)=O)cc3)sc2c1. The van der Waals surface area contributed by atoms with Crippen LogP contribution in [-0.2, 0) is 4.79 Å². The first-order valence-corrected chi connectivity index (χ1v) is 7.47. The van der Waals surface area contributed by atoms with Crippen molar-refractivity contribution in [1.82, 2.24) is 0 Å². The molecule has 0 radical (unpaired) electrons. The van der Waals surface area contributed by atoms with Gasteiger partial charge in [-0.15, -0.1) is 11.3 Å². The van der Waals surface area contributed by atoms with Crippen LogP contribution in [0.5, 0.6) is 5.75 Å². The van der Waals surface area contributed by atoms with E-state index in [0.29, 0.717) is 0 Å². The van der Waals surface area contributed by atoms with Crippen molar-refractivity contribution in [3.63, 3.8) is 0 Å². The number of hydrogen-bond acceptors (Lipinski definition) is 4. The van der Waals surface area contributed by atoms with E-state index in [1.54, 1.807) is 25.4 Å². The second-order valence-electron chi connectivity index (χ2n) is 4.65. The molecule has 1 aromatic heterocycles. The molecule has 3 aromatic rings. The van der Waals surface area contributed by atoms with Crippen LogP contribution in [0, 0.1) is 0 Å². The van der Waals surface area contributed by atoms with Gasteiger partial charge in [-0.2, -0.15) is 0 Å². The van der Waals surface area contributed by atoms with Crippen molar-refractivity contribution in [2.75, 3.05) is 7.11 Å². The maximum absolute atomic E-state index is 11.3. The van der Waals surface area contributed by atoms with Gasteiger partial charge in [-0.25, -0.2) is 0 Å². The highest BCUT2D eigenvalue weighted by molar-refractivity contribution is 7.22. The molecule has 0 saturated carbocycles. The smallest absolute Gasteiger partial charge is 0.159 e. The van der Waals surface area contributed by atoms with Crippen LogP contribution in [0.15, 0.2) is 48.5 Å². The Kier molecular flexibility index (Phi) is 5.07. The Balaban J connectivity index is 0.000000847. The van der Waals surface area contributed by atoms with Crippen LogP contribution in [0.2, 0.25) is 0 Å². The van der Waals surface area contributed by atoms with Crippen molar-refractivity contribution in [2.45, 2.75) is 6.92 Å². The van der Waals surface area contributed by atoms with Gasteiger partial charge in [0.15, 0.2) is 5.78 Å². The fourth-order valence-electron chi connectivity index (χ4n) is 2.15. The second kappa shape index (κ2) is 7.00. The van der Waals surface area contributed by atoms with Gasteiger partial charge in [-0.3, -0.25) is 4.79 Å². The molecular weight excluding hydrogens is 296 g/mol. The van der Waals surface area contributed by atoms with Gasteiger partial charge < -0.3 is 9.53 Å². The molecule has 4 heteroatoms. The number of benzene rings is 2. The monoisotopic (exact) mass is 312 g/mol. The summed E-state index contributed by atoms with van der Waals surface area (Å²) < 4.78 is 6.45. The number of Topliss-reactive ketones (excluding diaryl/α,β-unsaturated/α-hetero) is 1. The molecule has 0 aliphatic carbocycles. The molecule has 0 N–H and O–H groups in total. The minimum absolute atomic E-state index is 0.0950. The van der Waals surface area contributed by atoms with E-state index < -0.39 is 0 Å². The minimum Gasteiger partial charge on any atom is -0.497 e. The highest BCUT2D eigenvalue weighted by Gasteiger charge is 2.06. The third-order valence-electron chi connectivity index (χ3n) is 3.30. The first-order valence-electron chi connectivity index (χ1n) is 6.65. The third-order valence-corrected chi connectivity index (χ3v) is 4.45. The molecular formula is C18H16O3S. The van der Waals surface area contributed by atoms with E-state index in [4.69, 9.17) is 9.53 Å². The minimum atomic E-state index is 0.0950. The van der Waals surface area contributed by atoms with Crippen LogP contribution < -0.4 is 4.74 Å². The van der Waals surface area contributed by atoms with Gasteiger partial charge >= 0.3 is 0 Å². The Morgan fingerprint density at radius 3 is 2.32 bits per heavy atom. The van der Waals surface area contributed by atoms with Gasteiger partial charge in [-0.1, -0.05) is 24.3 Å². The summed E-state index contributed by atoms with van der Waals surface area (Å²) >= 11 is 1.73. The number of methoxy groups -OCH3 is 1. The first-order chi connectivity index (χ1) is 10.7. The molecule has 3 nitrogen and oxygen atoms in total. The summed E-state index contributed by atoms with van der Waals surface area (Å²) in [5, 5.41) is 1.21. The van der Waals surface area contributed by atoms with Crippen molar-refractivity contribution in [3.05, 3.63) is 54.1 Å². The third kappa shape index (κ3) is 3.23. The Hall–Kier alpha value is -2.46. The van der Waals surface area contributed by atoms with E-state index in [0.717, 1.165) is 16.9 Å². The summed E-state index contributed by atoms with van der Waals surface area (Å²) in [4.78, 5) is 20.5. The van der Waals surface area contributed by atoms with Gasteiger partial charge in [0.2, 0.25) is 0 Å². The summed E-state index contributed by atoms with van der Waals surface area (Å²) in [5.74, 6) is 0.968. The van der Waals surface area contributed by atoms with Crippen molar-refractivity contribution in [3.8, 4) is 16.2 Å². The largest absolute Gasteiger partial charge is 0.497 e. The number of hydrogen-bond donors (Lipinski definition) is 0. The number of ketones is 1. The lowest BCUT2D eigenvalue weighted by molar-refractivity contribution is -0.0980. The number of thiophene rings is 1. The second-order valence-corrected chi connectivity index (χ2v) is 5.73. The zero-order valence-electron chi connectivity index (χ0n) is 12.5. The normalized spacial score (nSPS) is 9.91. The summed E-state index contributed by atoms with van der Waals surface area (Å²) in [7, 11) is 1.68. The van der Waals surface area contributed by atoms with Crippen LogP contribution in [-0.4, -0.2) is 19.7 Å². The molecule has 112 valence electrons. The molecule has 3 rings (SSSR count). The summed E-state index contributed by atoms with van der Waals surface area (Å²) in [6.45, 7) is 3.58.